The third kappa shape index (κ3) is 4.43. The van der Waals surface area contributed by atoms with Crippen molar-refractivity contribution in [1.82, 2.24) is 9.62 Å². The van der Waals surface area contributed by atoms with Crippen LogP contribution < -0.4 is 10.0 Å². The molecule has 0 aromatic heterocycles. The van der Waals surface area contributed by atoms with Crippen LogP contribution in [0.2, 0.25) is 0 Å². The largest absolute Gasteiger partial charge is 0.385 e. The molecule has 0 radical (unpaired) electrons. The van der Waals surface area contributed by atoms with E-state index in [1.165, 1.54) is 12.8 Å². The molecule has 118 valence electrons. The maximum absolute atomic E-state index is 12.3. The summed E-state index contributed by atoms with van der Waals surface area (Å²) in [5.74, 6) is 0. The van der Waals surface area contributed by atoms with Gasteiger partial charge in [-0.3, -0.25) is 4.90 Å². The molecule has 21 heavy (non-hydrogen) atoms. The summed E-state index contributed by atoms with van der Waals surface area (Å²) in [6.07, 6.45) is 2.44. The summed E-state index contributed by atoms with van der Waals surface area (Å²) in [6, 6.07) is 7.68. The van der Waals surface area contributed by atoms with Crippen molar-refractivity contribution in [1.29, 1.82) is 0 Å². The van der Waals surface area contributed by atoms with Crippen LogP contribution >= 0.6 is 0 Å². The number of hydrogen-bond acceptors (Lipinski definition) is 4. The van der Waals surface area contributed by atoms with Crippen LogP contribution in [-0.2, 0) is 10.0 Å². The van der Waals surface area contributed by atoms with Crippen molar-refractivity contribution >= 4 is 15.7 Å². The molecule has 2 rings (SSSR count). The Kier molecular flexibility index (Phi) is 5.24. The van der Waals surface area contributed by atoms with Crippen molar-refractivity contribution < 1.29 is 8.42 Å². The molecular weight excluding hydrogens is 286 g/mol. The SMILES string of the molecule is CCNc1ccc(S(=O)(=O)NCC(C)N(C)C2CC2)cc1. The summed E-state index contributed by atoms with van der Waals surface area (Å²) >= 11 is 0. The van der Waals surface area contributed by atoms with Crippen molar-refractivity contribution in [3.8, 4) is 0 Å². The zero-order chi connectivity index (χ0) is 15.5. The maximum atomic E-state index is 12.3. The van der Waals surface area contributed by atoms with Crippen LogP contribution in [0.15, 0.2) is 29.2 Å². The van der Waals surface area contributed by atoms with E-state index in [1.54, 1.807) is 24.3 Å². The van der Waals surface area contributed by atoms with Crippen molar-refractivity contribution in [2.45, 2.75) is 43.7 Å². The first kappa shape index (κ1) is 16.3. The summed E-state index contributed by atoms with van der Waals surface area (Å²) in [5.41, 5.74) is 0.929. The molecule has 0 amide bonds. The number of nitrogens with zero attached hydrogens (tertiary/aromatic N) is 1. The van der Waals surface area contributed by atoms with E-state index in [1.807, 2.05) is 6.92 Å². The Hall–Kier alpha value is -1.11. The van der Waals surface area contributed by atoms with Crippen LogP contribution in [0.3, 0.4) is 0 Å². The van der Waals surface area contributed by atoms with Gasteiger partial charge in [-0.05, 0) is 58.0 Å². The van der Waals surface area contributed by atoms with Gasteiger partial charge in [0.05, 0.1) is 4.90 Å². The smallest absolute Gasteiger partial charge is 0.240 e. The first-order valence-corrected chi connectivity index (χ1v) is 8.98. The summed E-state index contributed by atoms with van der Waals surface area (Å²) < 4.78 is 27.2. The van der Waals surface area contributed by atoms with Crippen LogP contribution in [0.4, 0.5) is 5.69 Å². The summed E-state index contributed by atoms with van der Waals surface area (Å²) in [5, 5.41) is 3.15. The van der Waals surface area contributed by atoms with Gasteiger partial charge in [0.15, 0.2) is 0 Å². The lowest BCUT2D eigenvalue weighted by molar-refractivity contribution is 0.248. The van der Waals surface area contributed by atoms with E-state index >= 15 is 0 Å². The molecular formula is C15H25N3O2S. The van der Waals surface area contributed by atoms with E-state index in [2.05, 4.69) is 28.9 Å². The molecule has 0 bridgehead atoms. The summed E-state index contributed by atoms with van der Waals surface area (Å²) in [6.45, 7) is 5.30. The van der Waals surface area contributed by atoms with Gasteiger partial charge in [-0.25, -0.2) is 13.1 Å². The van der Waals surface area contributed by atoms with E-state index in [-0.39, 0.29) is 6.04 Å². The van der Waals surface area contributed by atoms with Crippen LogP contribution in [-0.4, -0.2) is 45.5 Å². The molecule has 6 heteroatoms. The van der Waals surface area contributed by atoms with Gasteiger partial charge in [0.1, 0.15) is 0 Å². The zero-order valence-corrected chi connectivity index (χ0v) is 13.8. The predicted molar refractivity (Wildman–Crippen MR) is 86.0 cm³/mol. The van der Waals surface area contributed by atoms with Crippen LogP contribution in [0.25, 0.3) is 0 Å². The number of rotatable bonds is 8. The van der Waals surface area contributed by atoms with Crippen LogP contribution in [0.5, 0.6) is 0 Å². The van der Waals surface area contributed by atoms with Crippen molar-refractivity contribution in [3.05, 3.63) is 24.3 Å². The predicted octanol–water partition coefficient (Wildman–Crippen LogP) is 1.88. The maximum Gasteiger partial charge on any atom is 0.240 e. The van der Waals surface area contributed by atoms with Crippen molar-refractivity contribution in [3.63, 3.8) is 0 Å². The van der Waals surface area contributed by atoms with Crippen LogP contribution in [0.1, 0.15) is 26.7 Å². The normalized spacial score (nSPS) is 17.0. The Morgan fingerprint density at radius 2 is 1.90 bits per heavy atom. The molecule has 0 aliphatic heterocycles. The third-order valence-corrected chi connectivity index (χ3v) is 5.37. The van der Waals surface area contributed by atoms with Crippen molar-refractivity contribution in [2.75, 3.05) is 25.5 Å². The van der Waals surface area contributed by atoms with Gasteiger partial charge in [-0.15, -0.1) is 0 Å². The number of benzene rings is 1. The Bertz CT molecular complexity index is 553. The molecule has 1 aromatic carbocycles. The summed E-state index contributed by atoms with van der Waals surface area (Å²) in [7, 11) is -1.37. The summed E-state index contributed by atoms with van der Waals surface area (Å²) in [4.78, 5) is 2.56. The fraction of sp³-hybridized carbons (Fsp3) is 0.600. The molecule has 0 saturated heterocycles. The highest BCUT2D eigenvalue weighted by Gasteiger charge is 2.29. The average Bonchev–Trinajstić information content (AvgIpc) is 3.29. The Morgan fingerprint density at radius 3 is 2.43 bits per heavy atom. The highest BCUT2D eigenvalue weighted by atomic mass is 32.2. The second-order valence-corrected chi connectivity index (χ2v) is 7.42. The molecule has 1 saturated carbocycles. The number of anilines is 1. The van der Waals surface area contributed by atoms with Gasteiger partial charge < -0.3 is 5.32 Å². The Morgan fingerprint density at radius 1 is 1.29 bits per heavy atom. The second kappa shape index (κ2) is 6.77. The monoisotopic (exact) mass is 311 g/mol. The first-order chi connectivity index (χ1) is 9.94. The van der Waals surface area contributed by atoms with Gasteiger partial charge in [-0.1, -0.05) is 0 Å². The lowest BCUT2D eigenvalue weighted by Gasteiger charge is -2.24. The van der Waals surface area contributed by atoms with Gasteiger partial charge in [0.25, 0.3) is 0 Å². The van der Waals surface area contributed by atoms with Gasteiger partial charge in [-0.2, -0.15) is 0 Å². The Labute approximate surface area is 127 Å². The van der Waals surface area contributed by atoms with E-state index in [4.69, 9.17) is 0 Å². The topological polar surface area (TPSA) is 61.4 Å². The molecule has 1 atom stereocenters. The molecule has 0 heterocycles. The van der Waals surface area contributed by atoms with Crippen molar-refractivity contribution in [2.24, 2.45) is 0 Å². The highest BCUT2D eigenvalue weighted by Crippen LogP contribution is 2.26. The minimum Gasteiger partial charge on any atom is -0.385 e. The second-order valence-electron chi connectivity index (χ2n) is 5.65. The lowest BCUT2D eigenvalue weighted by atomic mass is 10.3. The van der Waals surface area contributed by atoms with E-state index in [0.717, 1.165) is 12.2 Å². The van der Waals surface area contributed by atoms with Crippen LogP contribution in [0, 0.1) is 0 Å². The fourth-order valence-corrected chi connectivity index (χ4v) is 3.38. The fourth-order valence-electron chi connectivity index (χ4n) is 2.26. The first-order valence-electron chi connectivity index (χ1n) is 7.49. The molecule has 0 spiro atoms. The van der Waals surface area contributed by atoms with Gasteiger partial charge in [0.2, 0.25) is 10.0 Å². The molecule has 2 N–H and O–H groups in total. The Balaban J connectivity index is 1.94. The number of likely N-dealkylation sites (N-methyl/N-ethyl adjacent to an activating group) is 1. The molecule has 1 fully saturated rings. The van der Waals surface area contributed by atoms with Gasteiger partial charge in [0, 0.05) is 30.9 Å². The standard InChI is InChI=1S/C15H25N3O2S/c1-4-16-13-5-9-15(10-6-13)21(19,20)17-11-12(2)18(3)14-7-8-14/h5-6,9-10,12,14,16-17H,4,7-8,11H2,1-3H3. The third-order valence-electron chi connectivity index (χ3n) is 3.93. The molecule has 1 aromatic rings. The molecule has 1 aliphatic rings. The van der Waals surface area contributed by atoms with E-state index in [0.29, 0.717) is 17.5 Å². The number of nitrogens with one attached hydrogen (secondary N) is 2. The van der Waals surface area contributed by atoms with E-state index < -0.39 is 10.0 Å². The average molecular weight is 311 g/mol. The van der Waals surface area contributed by atoms with E-state index in [9.17, 15) is 8.42 Å². The minimum atomic E-state index is -3.43. The number of sulfonamides is 1. The highest BCUT2D eigenvalue weighted by molar-refractivity contribution is 7.89. The minimum absolute atomic E-state index is 0.202. The number of hydrogen-bond donors (Lipinski definition) is 2. The molecule has 1 aliphatic carbocycles. The zero-order valence-electron chi connectivity index (χ0n) is 13.0. The quantitative estimate of drug-likeness (QED) is 0.769. The molecule has 5 nitrogen and oxygen atoms in total. The lowest BCUT2D eigenvalue weighted by Crippen LogP contribution is -2.41. The molecule has 1 unspecified atom stereocenters. The van der Waals surface area contributed by atoms with Gasteiger partial charge >= 0.3 is 0 Å².